The number of nitrogens with zero attached hydrogens (tertiary/aromatic N) is 3. The molecule has 0 aliphatic heterocycles. The second-order valence-electron chi connectivity index (χ2n) is 4.45. The van der Waals surface area contributed by atoms with Crippen molar-refractivity contribution < 1.29 is 0 Å². The van der Waals surface area contributed by atoms with Crippen molar-refractivity contribution >= 4 is 22.3 Å². The van der Waals surface area contributed by atoms with Gasteiger partial charge in [-0.25, -0.2) is 19.6 Å². The zero-order valence-corrected chi connectivity index (χ0v) is 11.6. The van der Waals surface area contributed by atoms with Gasteiger partial charge in [-0.3, -0.25) is 29.1 Å². The number of nitrogens with one attached hydrogen (secondary N) is 5. The molecular formula is C11H10N8O4. The summed E-state index contributed by atoms with van der Waals surface area (Å²) in [5.74, 6) is 0. The van der Waals surface area contributed by atoms with Crippen molar-refractivity contribution in [3.8, 4) is 0 Å². The molecule has 0 saturated heterocycles. The molecule has 118 valence electrons. The minimum Gasteiger partial charge on any atom is -0.339 e. The number of fused-ring (bicyclic) bond motifs is 2. The first-order valence-electron chi connectivity index (χ1n) is 6.25. The Labute approximate surface area is 124 Å². The molecule has 0 aliphatic rings. The fraction of sp³-hybridized carbons (Fsp3) is 0.0909. The van der Waals surface area contributed by atoms with E-state index in [1.807, 2.05) is 0 Å². The third-order valence-electron chi connectivity index (χ3n) is 3.01. The van der Waals surface area contributed by atoms with E-state index in [0.29, 0.717) is 11.2 Å². The van der Waals surface area contributed by atoms with Crippen LogP contribution >= 0.6 is 0 Å². The maximum absolute atomic E-state index is 11.1. The van der Waals surface area contributed by atoms with Gasteiger partial charge < -0.3 is 9.97 Å². The van der Waals surface area contributed by atoms with Gasteiger partial charge in [0.25, 0.3) is 11.1 Å². The second kappa shape index (κ2) is 5.25. The zero-order chi connectivity index (χ0) is 16.6. The molecule has 4 aromatic heterocycles. The van der Waals surface area contributed by atoms with Crippen molar-refractivity contribution in [2.24, 2.45) is 7.05 Å². The molecule has 4 aromatic rings. The number of hydrogen-bond donors (Lipinski definition) is 5. The average molecular weight is 318 g/mol. The van der Waals surface area contributed by atoms with E-state index in [1.165, 1.54) is 17.2 Å². The molecule has 12 heteroatoms. The predicted molar refractivity (Wildman–Crippen MR) is 79.3 cm³/mol. The van der Waals surface area contributed by atoms with Crippen LogP contribution in [-0.2, 0) is 7.05 Å². The number of H-pyrrole nitrogens is 5. The Hall–Kier alpha value is -3.70. The fourth-order valence-electron chi connectivity index (χ4n) is 1.91. The molecule has 0 spiro atoms. The molecule has 4 heterocycles. The average Bonchev–Trinajstić information content (AvgIpc) is 3.14. The molecule has 0 fully saturated rings. The van der Waals surface area contributed by atoms with Crippen LogP contribution in [0, 0.1) is 0 Å². The number of aryl methyl sites for hydroxylation is 1. The van der Waals surface area contributed by atoms with Gasteiger partial charge in [0.05, 0.1) is 12.7 Å². The van der Waals surface area contributed by atoms with Gasteiger partial charge in [0, 0.05) is 7.05 Å². The smallest absolute Gasteiger partial charge is 0.329 e. The van der Waals surface area contributed by atoms with Crippen LogP contribution in [0.4, 0.5) is 0 Å². The van der Waals surface area contributed by atoms with E-state index in [-0.39, 0.29) is 11.2 Å². The van der Waals surface area contributed by atoms with Crippen LogP contribution in [0.5, 0.6) is 0 Å². The van der Waals surface area contributed by atoms with Crippen LogP contribution in [0.1, 0.15) is 0 Å². The quantitative estimate of drug-likeness (QED) is 0.247. The van der Waals surface area contributed by atoms with Crippen molar-refractivity contribution in [3.05, 3.63) is 54.3 Å². The first-order chi connectivity index (χ1) is 11.0. The lowest BCUT2D eigenvalue weighted by Crippen LogP contribution is -2.28. The Bertz CT molecular complexity index is 1220. The van der Waals surface area contributed by atoms with E-state index >= 15 is 0 Å². The molecule has 0 unspecified atom stereocenters. The predicted octanol–water partition coefficient (Wildman–Crippen LogP) is -2.11. The van der Waals surface area contributed by atoms with Crippen molar-refractivity contribution in [1.29, 1.82) is 0 Å². The highest BCUT2D eigenvalue weighted by molar-refractivity contribution is 5.68. The molecule has 0 aliphatic carbocycles. The van der Waals surface area contributed by atoms with Crippen LogP contribution in [0.3, 0.4) is 0 Å². The number of aromatic amines is 5. The third-order valence-corrected chi connectivity index (χ3v) is 3.01. The molecule has 0 atom stereocenters. The van der Waals surface area contributed by atoms with E-state index in [1.54, 1.807) is 7.05 Å². The maximum Gasteiger partial charge on any atom is 0.329 e. The minimum absolute atomic E-state index is 0.277. The lowest BCUT2D eigenvalue weighted by atomic mass is 10.5. The number of aromatic nitrogens is 8. The molecule has 5 N–H and O–H groups in total. The summed E-state index contributed by atoms with van der Waals surface area (Å²) in [6.07, 6.45) is 2.72. The van der Waals surface area contributed by atoms with Gasteiger partial charge in [0.2, 0.25) is 0 Å². The highest BCUT2D eigenvalue weighted by Crippen LogP contribution is 1.96. The summed E-state index contributed by atoms with van der Waals surface area (Å²) < 4.78 is 1.27. The lowest BCUT2D eigenvalue weighted by molar-refractivity contribution is 0.832. The summed E-state index contributed by atoms with van der Waals surface area (Å²) in [4.78, 5) is 63.0. The summed E-state index contributed by atoms with van der Waals surface area (Å²) in [6, 6.07) is 0. The van der Waals surface area contributed by atoms with Gasteiger partial charge in [-0.15, -0.1) is 0 Å². The highest BCUT2D eigenvalue weighted by atomic mass is 16.2. The van der Waals surface area contributed by atoms with Gasteiger partial charge in [-0.1, -0.05) is 0 Å². The Morgan fingerprint density at radius 3 is 2.30 bits per heavy atom. The summed E-state index contributed by atoms with van der Waals surface area (Å²) in [5, 5.41) is 0. The zero-order valence-electron chi connectivity index (χ0n) is 11.6. The SMILES string of the molecule is Cn1c(=O)[nH]c(=O)c2[nH]cnc21.O=c1[nH]c(=O)c2[nH]cnc2[nH]1. The van der Waals surface area contributed by atoms with Crippen LogP contribution < -0.4 is 22.5 Å². The Morgan fingerprint density at radius 1 is 0.870 bits per heavy atom. The standard InChI is InChI=1S/C6H6N4O2.C5H4N4O2/c1-10-4-3(7-2-8-4)5(11)9-6(10)12;10-4-2-3(7-1-6-2)8-5(11)9-4/h2H,1H3,(H,7,8)(H,9,11,12);1H,(H3,6,7,8,9,10,11). The van der Waals surface area contributed by atoms with E-state index in [2.05, 4.69) is 34.9 Å². The largest absolute Gasteiger partial charge is 0.339 e. The lowest BCUT2D eigenvalue weighted by Gasteiger charge is -1.94. The van der Waals surface area contributed by atoms with E-state index < -0.39 is 22.5 Å². The number of hydrogen-bond acceptors (Lipinski definition) is 6. The highest BCUT2D eigenvalue weighted by Gasteiger charge is 2.04. The normalized spacial score (nSPS) is 10.7. The monoisotopic (exact) mass is 318 g/mol. The van der Waals surface area contributed by atoms with Crippen LogP contribution in [0.15, 0.2) is 31.8 Å². The van der Waals surface area contributed by atoms with Crippen LogP contribution in [0.25, 0.3) is 22.3 Å². The first-order valence-corrected chi connectivity index (χ1v) is 6.25. The molecule has 0 radical (unpaired) electrons. The van der Waals surface area contributed by atoms with Gasteiger partial charge in [0.1, 0.15) is 11.0 Å². The summed E-state index contributed by atoms with van der Waals surface area (Å²) in [5.41, 5.74) is -0.662. The summed E-state index contributed by atoms with van der Waals surface area (Å²) in [6.45, 7) is 0. The van der Waals surface area contributed by atoms with Gasteiger partial charge in [-0.2, -0.15) is 0 Å². The third kappa shape index (κ3) is 2.48. The summed E-state index contributed by atoms with van der Waals surface area (Å²) in [7, 11) is 1.54. The topological polar surface area (TPSA) is 178 Å². The second-order valence-corrected chi connectivity index (χ2v) is 4.45. The molecule has 12 nitrogen and oxygen atoms in total. The van der Waals surface area contributed by atoms with Crippen molar-refractivity contribution in [3.63, 3.8) is 0 Å². The molecule has 23 heavy (non-hydrogen) atoms. The first kappa shape index (κ1) is 14.2. The Morgan fingerprint density at radius 2 is 1.52 bits per heavy atom. The van der Waals surface area contributed by atoms with E-state index in [4.69, 9.17) is 0 Å². The minimum atomic E-state index is -0.547. The van der Waals surface area contributed by atoms with Crippen LogP contribution in [0.2, 0.25) is 0 Å². The summed E-state index contributed by atoms with van der Waals surface area (Å²) >= 11 is 0. The van der Waals surface area contributed by atoms with Gasteiger partial charge >= 0.3 is 11.4 Å². The number of rotatable bonds is 0. The van der Waals surface area contributed by atoms with E-state index in [0.717, 1.165) is 0 Å². The molecular weight excluding hydrogens is 308 g/mol. The Kier molecular flexibility index (Phi) is 3.25. The fourth-order valence-corrected chi connectivity index (χ4v) is 1.91. The maximum atomic E-state index is 11.1. The van der Waals surface area contributed by atoms with Crippen LogP contribution in [-0.4, -0.2) is 39.5 Å². The van der Waals surface area contributed by atoms with Gasteiger partial charge in [0.15, 0.2) is 11.3 Å². The van der Waals surface area contributed by atoms with E-state index in [9.17, 15) is 19.2 Å². The Balaban J connectivity index is 0.000000136. The van der Waals surface area contributed by atoms with Crippen molar-refractivity contribution in [1.82, 2.24) is 39.5 Å². The van der Waals surface area contributed by atoms with Gasteiger partial charge in [-0.05, 0) is 0 Å². The molecule has 0 aromatic carbocycles. The molecule has 4 rings (SSSR count). The molecule has 0 bridgehead atoms. The molecule has 0 saturated carbocycles. The van der Waals surface area contributed by atoms with Crippen molar-refractivity contribution in [2.75, 3.05) is 0 Å². The number of imidazole rings is 2. The molecule has 0 amide bonds. The van der Waals surface area contributed by atoms with Crippen molar-refractivity contribution in [2.45, 2.75) is 0 Å².